The van der Waals surface area contributed by atoms with E-state index >= 15 is 0 Å². The number of ether oxygens (including phenoxy) is 1. The van der Waals surface area contributed by atoms with Crippen molar-refractivity contribution in [2.75, 3.05) is 23.8 Å². The van der Waals surface area contributed by atoms with Crippen molar-refractivity contribution in [2.24, 2.45) is 5.92 Å². The topological polar surface area (TPSA) is 140 Å². The van der Waals surface area contributed by atoms with Crippen LogP contribution in [0.3, 0.4) is 0 Å². The van der Waals surface area contributed by atoms with Gasteiger partial charge in [0.2, 0.25) is 0 Å². The molecule has 0 spiro atoms. The first-order valence-electron chi connectivity index (χ1n) is 10.4. The normalized spacial score (nSPS) is 10.8. The second-order valence-corrected chi connectivity index (χ2v) is 8.29. The van der Waals surface area contributed by atoms with E-state index in [-0.39, 0.29) is 41.2 Å². The van der Waals surface area contributed by atoms with E-state index in [0.717, 1.165) is 10.5 Å². The fraction of sp³-hybridized carbons (Fsp3) is 0.261. The SMILES string of the molecule is CC(C)CN(C(=O)COC(=O)c1ccnc(Cl)c1)c1c(N)n(Cc2ccccc2)c(=O)[nH]c1=O. The zero-order chi connectivity index (χ0) is 24.8. The van der Waals surface area contributed by atoms with E-state index < -0.39 is 29.7 Å². The molecule has 0 aliphatic heterocycles. The van der Waals surface area contributed by atoms with Crippen molar-refractivity contribution >= 4 is 35.0 Å². The molecule has 2 aromatic heterocycles. The lowest BCUT2D eigenvalue weighted by molar-refractivity contribution is -0.121. The highest BCUT2D eigenvalue weighted by atomic mass is 35.5. The van der Waals surface area contributed by atoms with Crippen molar-refractivity contribution in [2.45, 2.75) is 20.4 Å². The minimum atomic E-state index is -0.812. The van der Waals surface area contributed by atoms with Gasteiger partial charge < -0.3 is 15.4 Å². The number of carbonyl (C=O) groups is 2. The Hall–Kier alpha value is -3.92. The van der Waals surface area contributed by atoms with Crippen LogP contribution < -0.4 is 21.9 Å². The molecule has 1 aromatic carbocycles. The average Bonchev–Trinajstić information content (AvgIpc) is 2.79. The number of anilines is 2. The predicted molar refractivity (Wildman–Crippen MR) is 128 cm³/mol. The second-order valence-electron chi connectivity index (χ2n) is 7.91. The smallest absolute Gasteiger partial charge is 0.338 e. The maximum Gasteiger partial charge on any atom is 0.338 e. The molecule has 178 valence electrons. The average molecular weight is 486 g/mol. The Labute approximate surface area is 199 Å². The summed E-state index contributed by atoms with van der Waals surface area (Å²) in [5.41, 5.74) is 5.44. The van der Waals surface area contributed by atoms with Crippen molar-refractivity contribution < 1.29 is 14.3 Å². The van der Waals surface area contributed by atoms with Crippen molar-refractivity contribution in [1.29, 1.82) is 0 Å². The molecule has 34 heavy (non-hydrogen) atoms. The molecule has 10 nitrogen and oxygen atoms in total. The van der Waals surface area contributed by atoms with Gasteiger partial charge in [-0.2, -0.15) is 0 Å². The highest BCUT2D eigenvalue weighted by Gasteiger charge is 2.26. The van der Waals surface area contributed by atoms with Crippen LogP contribution in [0.5, 0.6) is 0 Å². The van der Waals surface area contributed by atoms with Gasteiger partial charge in [0.15, 0.2) is 12.3 Å². The summed E-state index contributed by atoms with van der Waals surface area (Å²) in [6.45, 7) is 3.23. The van der Waals surface area contributed by atoms with Gasteiger partial charge in [-0.25, -0.2) is 14.6 Å². The fourth-order valence-corrected chi connectivity index (χ4v) is 3.44. The molecule has 3 aromatic rings. The van der Waals surface area contributed by atoms with Crippen LogP contribution in [0.2, 0.25) is 5.15 Å². The van der Waals surface area contributed by atoms with E-state index in [1.54, 1.807) is 12.1 Å². The zero-order valence-electron chi connectivity index (χ0n) is 18.7. The van der Waals surface area contributed by atoms with Gasteiger partial charge in [0, 0.05) is 12.7 Å². The van der Waals surface area contributed by atoms with Crippen LogP contribution in [0, 0.1) is 5.92 Å². The number of nitrogens with two attached hydrogens (primary N) is 1. The third-order valence-electron chi connectivity index (χ3n) is 4.81. The number of esters is 1. The van der Waals surface area contributed by atoms with Crippen LogP contribution in [-0.2, 0) is 16.1 Å². The first kappa shape index (κ1) is 24.7. The number of hydrogen-bond acceptors (Lipinski definition) is 7. The third-order valence-corrected chi connectivity index (χ3v) is 5.01. The Morgan fingerprint density at radius 3 is 2.56 bits per heavy atom. The molecule has 0 fully saturated rings. The molecule has 0 bridgehead atoms. The lowest BCUT2D eigenvalue weighted by Gasteiger charge is -2.26. The Bertz CT molecular complexity index is 1300. The lowest BCUT2D eigenvalue weighted by Crippen LogP contribution is -2.44. The Morgan fingerprint density at radius 2 is 1.91 bits per heavy atom. The number of carbonyl (C=O) groups excluding carboxylic acids is 2. The summed E-state index contributed by atoms with van der Waals surface area (Å²) in [6.07, 6.45) is 1.34. The number of H-pyrrole nitrogens is 1. The molecule has 0 radical (unpaired) electrons. The molecular formula is C23H24ClN5O5. The maximum atomic E-state index is 13.1. The summed E-state index contributed by atoms with van der Waals surface area (Å²) >= 11 is 5.79. The molecule has 0 unspecified atom stereocenters. The van der Waals surface area contributed by atoms with E-state index in [4.69, 9.17) is 22.1 Å². The minimum Gasteiger partial charge on any atom is -0.452 e. The molecule has 1 amide bonds. The van der Waals surface area contributed by atoms with Gasteiger partial charge in [0.25, 0.3) is 11.5 Å². The van der Waals surface area contributed by atoms with Crippen LogP contribution in [0.15, 0.2) is 58.3 Å². The van der Waals surface area contributed by atoms with Crippen molar-refractivity contribution in [1.82, 2.24) is 14.5 Å². The molecule has 0 aliphatic carbocycles. The van der Waals surface area contributed by atoms with Gasteiger partial charge in [-0.1, -0.05) is 55.8 Å². The number of rotatable bonds is 8. The van der Waals surface area contributed by atoms with Crippen molar-refractivity contribution in [3.05, 3.63) is 85.8 Å². The number of amides is 1. The van der Waals surface area contributed by atoms with E-state index in [1.807, 2.05) is 32.0 Å². The molecule has 2 heterocycles. The number of hydrogen-bond donors (Lipinski definition) is 2. The summed E-state index contributed by atoms with van der Waals surface area (Å²) in [4.78, 5) is 57.7. The quantitative estimate of drug-likeness (QED) is 0.367. The molecule has 3 rings (SSSR count). The molecule has 3 N–H and O–H groups in total. The van der Waals surface area contributed by atoms with Crippen LogP contribution in [-0.4, -0.2) is 39.6 Å². The van der Waals surface area contributed by atoms with Gasteiger partial charge in [0.1, 0.15) is 11.0 Å². The maximum absolute atomic E-state index is 13.1. The number of pyridine rings is 1. The second kappa shape index (κ2) is 10.8. The number of nitrogen functional groups attached to an aromatic ring is 1. The Balaban J connectivity index is 1.91. The van der Waals surface area contributed by atoms with Crippen molar-refractivity contribution in [3.8, 4) is 0 Å². The van der Waals surface area contributed by atoms with Gasteiger partial charge in [0.05, 0.1) is 12.1 Å². The largest absolute Gasteiger partial charge is 0.452 e. The predicted octanol–water partition coefficient (Wildman–Crippen LogP) is 2.06. The van der Waals surface area contributed by atoms with E-state index in [2.05, 4.69) is 9.97 Å². The highest BCUT2D eigenvalue weighted by Crippen LogP contribution is 2.20. The summed E-state index contributed by atoms with van der Waals surface area (Å²) in [7, 11) is 0. The molecule has 0 aliphatic rings. The van der Waals surface area contributed by atoms with Crippen LogP contribution in [0.4, 0.5) is 11.5 Å². The van der Waals surface area contributed by atoms with Gasteiger partial charge >= 0.3 is 11.7 Å². The number of aromatic amines is 1. The number of benzene rings is 1. The summed E-state index contributed by atoms with van der Waals surface area (Å²) in [5.74, 6) is -1.69. The monoisotopic (exact) mass is 485 g/mol. The third kappa shape index (κ3) is 5.90. The lowest BCUT2D eigenvalue weighted by atomic mass is 10.2. The van der Waals surface area contributed by atoms with E-state index in [9.17, 15) is 19.2 Å². The van der Waals surface area contributed by atoms with Gasteiger partial charge in [-0.05, 0) is 23.6 Å². The van der Waals surface area contributed by atoms with Crippen LogP contribution in [0.1, 0.15) is 29.8 Å². The summed E-state index contributed by atoms with van der Waals surface area (Å²) in [5, 5.41) is 0.0993. The molecular weight excluding hydrogens is 462 g/mol. The van der Waals surface area contributed by atoms with E-state index in [0.29, 0.717) is 0 Å². The summed E-state index contributed by atoms with van der Waals surface area (Å²) < 4.78 is 6.30. The fourth-order valence-electron chi connectivity index (χ4n) is 3.26. The van der Waals surface area contributed by atoms with Gasteiger partial charge in [-0.3, -0.25) is 19.1 Å². The highest BCUT2D eigenvalue weighted by molar-refractivity contribution is 6.29. The van der Waals surface area contributed by atoms with Crippen LogP contribution >= 0.6 is 11.6 Å². The van der Waals surface area contributed by atoms with Crippen molar-refractivity contribution in [3.63, 3.8) is 0 Å². The first-order valence-corrected chi connectivity index (χ1v) is 10.8. The standard InChI is InChI=1S/C23H24ClN5O5/c1-14(2)11-28(18(30)13-34-22(32)16-8-9-26-17(24)10-16)19-20(25)29(23(33)27-21(19)31)12-15-6-4-3-5-7-15/h3-10,14H,11-13,25H2,1-2H3,(H,27,31,33). The molecule has 0 atom stereocenters. The number of aromatic nitrogens is 3. The summed E-state index contributed by atoms with van der Waals surface area (Å²) in [6, 6.07) is 11.8. The molecule has 0 saturated carbocycles. The number of nitrogens with one attached hydrogen (secondary N) is 1. The molecule has 0 saturated heterocycles. The Kier molecular flexibility index (Phi) is 7.85. The molecule has 11 heteroatoms. The first-order chi connectivity index (χ1) is 16.2. The van der Waals surface area contributed by atoms with Gasteiger partial charge in [-0.15, -0.1) is 0 Å². The Morgan fingerprint density at radius 1 is 1.21 bits per heavy atom. The zero-order valence-corrected chi connectivity index (χ0v) is 19.4. The van der Waals surface area contributed by atoms with Crippen LogP contribution in [0.25, 0.3) is 0 Å². The number of halogens is 1. The minimum absolute atomic E-state index is 0.0630. The number of nitrogens with zero attached hydrogens (tertiary/aromatic N) is 3. The van der Waals surface area contributed by atoms with E-state index in [1.165, 1.54) is 22.9 Å².